The van der Waals surface area contributed by atoms with Crippen LogP contribution in [0.1, 0.15) is 86.8 Å². The van der Waals surface area contributed by atoms with Crippen LogP contribution in [0.25, 0.3) is 0 Å². The number of carbonyl (C=O) groups is 4. The summed E-state index contributed by atoms with van der Waals surface area (Å²) in [5.74, 6) is -1.55. The first-order valence-corrected chi connectivity index (χ1v) is 17.8. The molecule has 3 atom stereocenters. The molecule has 1 saturated heterocycles. The van der Waals surface area contributed by atoms with Crippen molar-refractivity contribution in [2.75, 3.05) is 6.61 Å². The fourth-order valence-corrected chi connectivity index (χ4v) is 5.65. The van der Waals surface area contributed by atoms with E-state index in [4.69, 9.17) is 13.9 Å². The Labute approximate surface area is 257 Å². The zero-order valence-electron chi connectivity index (χ0n) is 27.5. The Morgan fingerprint density at radius 3 is 2.07 bits per heavy atom. The summed E-state index contributed by atoms with van der Waals surface area (Å²) in [5.41, 5.74) is -0.0584. The Hall–Kier alpha value is -3.18. The molecule has 1 aromatic rings. The van der Waals surface area contributed by atoms with Gasteiger partial charge in [-0.3, -0.25) is 14.5 Å². The molecule has 238 valence electrons. The largest absolute Gasteiger partial charge is 0.455 e. The number of fused-ring (bicyclic) bond motifs is 1. The minimum atomic E-state index is -2.14. The second kappa shape index (κ2) is 12.4. The molecular weight excluding hydrogens is 566 g/mol. The van der Waals surface area contributed by atoms with Crippen LogP contribution < -0.4 is 10.6 Å². The highest BCUT2D eigenvalue weighted by molar-refractivity contribution is 6.74. The average molecular weight is 616 g/mol. The Morgan fingerprint density at radius 2 is 1.53 bits per heavy atom. The maximum Gasteiger partial charge on any atom is 0.408 e. The van der Waals surface area contributed by atoms with E-state index >= 15 is 0 Å². The van der Waals surface area contributed by atoms with Gasteiger partial charge in [-0.2, -0.15) is 0 Å². The molecule has 2 aliphatic heterocycles. The molecular formula is C32H49N3O7Si. The average Bonchev–Trinajstić information content (AvgIpc) is 2.86. The van der Waals surface area contributed by atoms with Crippen LogP contribution in [0.15, 0.2) is 41.6 Å². The van der Waals surface area contributed by atoms with Crippen LogP contribution in [0.4, 0.5) is 4.79 Å². The molecule has 0 bridgehead atoms. The molecule has 43 heavy (non-hydrogen) atoms. The first-order valence-electron chi connectivity index (χ1n) is 14.9. The molecule has 1 fully saturated rings. The minimum absolute atomic E-state index is 0.0264. The third-order valence-electron chi connectivity index (χ3n) is 7.90. The van der Waals surface area contributed by atoms with Crippen molar-refractivity contribution in [3.05, 3.63) is 47.2 Å². The second-order valence-electron chi connectivity index (χ2n) is 14.8. The Bertz CT molecular complexity index is 1260. The number of β-lactam (4-membered cyclic amide) rings is 1. The van der Waals surface area contributed by atoms with E-state index in [0.29, 0.717) is 18.4 Å². The van der Waals surface area contributed by atoms with Crippen molar-refractivity contribution in [3.8, 4) is 0 Å². The number of nitrogens with zero attached hydrogens (tertiary/aromatic N) is 1. The lowest BCUT2D eigenvalue weighted by molar-refractivity contribution is -0.163. The maximum atomic E-state index is 13.6. The lowest BCUT2D eigenvalue weighted by atomic mass is 9.83. The van der Waals surface area contributed by atoms with Crippen molar-refractivity contribution in [2.24, 2.45) is 0 Å². The number of alkyl carbamates (subject to hydrolysis) is 1. The van der Waals surface area contributed by atoms with Gasteiger partial charge in [0.15, 0.2) is 8.32 Å². The normalized spacial score (nSPS) is 20.1. The summed E-state index contributed by atoms with van der Waals surface area (Å²) < 4.78 is 17.5. The number of carbonyl (C=O) groups excluding carboxylic acids is 4. The Balaban J connectivity index is 1.85. The van der Waals surface area contributed by atoms with E-state index in [1.54, 1.807) is 71.9 Å². The van der Waals surface area contributed by atoms with Gasteiger partial charge in [0.1, 0.15) is 29.0 Å². The summed E-state index contributed by atoms with van der Waals surface area (Å²) in [7, 11) is -2.14. The number of amides is 3. The van der Waals surface area contributed by atoms with Crippen molar-refractivity contribution in [1.82, 2.24) is 15.5 Å². The topological polar surface area (TPSA) is 123 Å². The second-order valence-corrected chi connectivity index (χ2v) is 19.6. The lowest BCUT2D eigenvalue weighted by Crippen LogP contribution is -2.72. The van der Waals surface area contributed by atoms with Gasteiger partial charge in [-0.15, -0.1) is 0 Å². The van der Waals surface area contributed by atoms with Crippen molar-refractivity contribution < 1.29 is 33.1 Å². The molecule has 2 aliphatic rings. The molecule has 0 aromatic heterocycles. The van der Waals surface area contributed by atoms with Crippen LogP contribution in [-0.2, 0) is 28.3 Å². The predicted octanol–water partition coefficient (Wildman–Crippen LogP) is 5.36. The molecule has 0 unspecified atom stereocenters. The van der Waals surface area contributed by atoms with E-state index in [1.165, 1.54) is 4.90 Å². The van der Waals surface area contributed by atoms with Gasteiger partial charge in [0.25, 0.3) is 5.91 Å². The first kappa shape index (κ1) is 34.3. The summed E-state index contributed by atoms with van der Waals surface area (Å²) in [6.45, 7) is 21.5. The molecule has 0 saturated carbocycles. The molecule has 0 aliphatic carbocycles. The van der Waals surface area contributed by atoms with Crippen molar-refractivity contribution in [1.29, 1.82) is 0 Å². The summed E-state index contributed by atoms with van der Waals surface area (Å²) in [4.78, 5) is 54.7. The SMILES string of the molecule is CC(C)(C)OC(=O)N[C@@H](C(=O)N[C@@H]1C(=O)N2C(C(=O)OC(C)(C)C)=C(CO[Si](C)(C)C(C)(C)C)CC[C@H]12)c1ccccc1. The molecule has 3 amide bonds. The minimum Gasteiger partial charge on any atom is -0.455 e. The van der Waals surface area contributed by atoms with Crippen LogP contribution in [0, 0.1) is 0 Å². The van der Waals surface area contributed by atoms with Crippen molar-refractivity contribution in [2.45, 2.75) is 123 Å². The van der Waals surface area contributed by atoms with E-state index in [2.05, 4.69) is 44.5 Å². The van der Waals surface area contributed by atoms with Crippen LogP contribution in [0.3, 0.4) is 0 Å². The fourth-order valence-electron chi connectivity index (χ4n) is 4.69. The van der Waals surface area contributed by atoms with Crippen LogP contribution in [0.5, 0.6) is 0 Å². The number of nitrogens with one attached hydrogen (secondary N) is 2. The predicted molar refractivity (Wildman–Crippen MR) is 166 cm³/mol. The number of esters is 1. The first-order chi connectivity index (χ1) is 19.6. The van der Waals surface area contributed by atoms with Gasteiger partial charge < -0.3 is 24.5 Å². The smallest absolute Gasteiger partial charge is 0.408 e. The molecule has 0 spiro atoms. The molecule has 2 N–H and O–H groups in total. The zero-order valence-corrected chi connectivity index (χ0v) is 28.5. The van der Waals surface area contributed by atoms with Gasteiger partial charge in [0.05, 0.1) is 12.6 Å². The molecule has 0 radical (unpaired) electrons. The number of hydrogen-bond acceptors (Lipinski definition) is 7. The molecule has 2 heterocycles. The Morgan fingerprint density at radius 1 is 0.953 bits per heavy atom. The van der Waals surface area contributed by atoms with Crippen LogP contribution in [0.2, 0.25) is 18.1 Å². The zero-order chi connectivity index (χ0) is 32.5. The highest BCUT2D eigenvalue weighted by Crippen LogP contribution is 2.41. The van der Waals surface area contributed by atoms with Crippen LogP contribution in [-0.4, -0.2) is 67.0 Å². The maximum absolute atomic E-state index is 13.6. The highest BCUT2D eigenvalue weighted by Gasteiger charge is 2.54. The molecule has 3 rings (SSSR count). The molecule has 1 aromatic carbocycles. The number of hydrogen-bond donors (Lipinski definition) is 2. The van der Waals surface area contributed by atoms with E-state index in [9.17, 15) is 19.2 Å². The van der Waals surface area contributed by atoms with E-state index in [1.807, 2.05) is 0 Å². The van der Waals surface area contributed by atoms with E-state index < -0.39 is 61.5 Å². The standard InChI is InChI=1S/C32H49N3O7Si/c1-30(2,3)41-28(38)25-21(19-40-43(10,11)32(7,8)9)17-18-22-24(27(37)35(22)25)33-26(36)23(20-15-13-12-14-16-20)34-29(39)42-31(4,5)6/h12-16,22-24H,17-19H2,1-11H3,(H,33,36)(H,34,39)/t22-,23-,24+/m1/s1. The Kier molecular flexibility index (Phi) is 9.92. The van der Waals surface area contributed by atoms with Gasteiger partial charge in [0.2, 0.25) is 5.91 Å². The van der Waals surface area contributed by atoms with E-state index in [0.717, 1.165) is 5.57 Å². The third kappa shape index (κ3) is 8.47. The van der Waals surface area contributed by atoms with Gasteiger partial charge in [-0.1, -0.05) is 51.1 Å². The number of ether oxygens (including phenoxy) is 2. The quantitative estimate of drug-likeness (QED) is 0.229. The molecule has 10 nitrogen and oxygen atoms in total. The fraction of sp³-hybridized carbons (Fsp3) is 0.625. The van der Waals surface area contributed by atoms with Crippen LogP contribution >= 0.6 is 0 Å². The van der Waals surface area contributed by atoms with Gasteiger partial charge in [0, 0.05) is 0 Å². The summed E-state index contributed by atoms with van der Waals surface area (Å²) in [6, 6.07) is 6.37. The van der Waals surface area contributed by atoms with E-state index in [-0.39, 0.29) is 17.3 Å². The monoisotopic (exact) mass is 615 g/mol. The number of benzene rings is 1. The van der Waals surface area contributed by atoms with Gasteiger partial charge in [-0.05, 0) is 83.7 Å². The van der Waals surface area contributed by atoms with Crippen molar-refractivity contribution >= 4 is 32.2 Å². The van der Waals surface area contributed by atoms with Gasteiger partial charge >= 0.3 is 12.1 Å². The number of rotatable bonds is 8. The third-order valence-corrected chi connectivity index (χ3v) is 12.4. The summed E-state index contributed by atoms with van der Waals surface area (Å²) in [5, 5.41) is 5.44. The summed E-state index contributed by atoms with van der Waals surface area (Å²) >= 11 is 0. The van der Waals surface area contributed by atoms with Gasteiger partial charge in [-0.25, -0.2) is 9.59 Å². The van der Waals surface area contributed by atoms with Crippen molar-refractivity contribution in [3.63, 3.8) is 0 Å². The summed E-state index contributed by atoms with van der Waals surface area (Å²) in [6.07, 6.45) is 0.300. The highest BCUT2D eigenvalue weighted by atomic mass is 28.4. The lowest BCUT2D eigenvalue weighted by Gasteiger charge is -2.51. The molecule has 11 heteroatoms.